The highest BCUT2D eigenvalue weighted by Gasteiger charge is 2.48. The second-order valence-corrected chi connectivity index (χ2v) is 5.75. The molecule has 0 aliphatic carbocycles. The van der Waals surface area contributed by atoms with Crippen molar-refractivity contribution in [3.63, 3.8) is 0 Å². The minimum absolute atomic E-state index is 0.0811. The number of benzene rings is 2. The average Bonchev–Trinajstić information content (AvgIpc) is 2.70. The van der Waals surface area contributed by atoms with Crippen molar-refractivity contribution in [2.24, 2.45) is 0 Å². The molecule has 3 aromatic rings. The van der Waals surface area contributed by atoms with Crippen LogP contribution in [0.4, 0.5) is 4.39 Å². The number of carbonyl (C=O) groups is 1. The summed E-state index contributed by atoms with van der Waals surface area (Å²) in [6.07, 6.45) is 2.97. The molecule has 1 heterocycles. The van der Waals surface area contributed by atoms with Gasteiger partial charge in [0.1, 0.15) is 0 Å². The fourth-order valence-corrected chi connectivity index (χ4v) is 2.98. The van der Waals surface area contributed by atoms with Crippen molar-refractivity contribution < 1.29 is 9.18 Å². The van der Waals surface area contributed by atoms with E-state index in [1.165, 1.54) is 12.3 Å². The highest BCUT2D eigenvalue weighted by atomic mass is 19.1. The number of alkyl halides is 1. The Labute approximate surface area is 146 Å². The predicted octanol–water partition coefficient (Wildman–Crippen LogP) is 5.10. The van der Waals surface area contributed by atoms with E-state index in [1.807, 2.05) is 18.2 Å². The summed E-state index contributed by atoms with van der Waals surface area (Å²) in [4.78, 5) is 17.3. The van der Waals surface area contributed by atoms with E-state index >= 15 is 4.39 Å². The fourth-order valence-electron chi connectivity index (χ4n) is 2.98. The second-order valence-electron chi connectivity index (χ2n) is 5.75. The number of carbonyl (C=O) groups excluding carboxylic acids is 1. The summed E-state index contributed by atoms with van der Waals surface area (Å²) < 4.78 is 16.5. The predicted molar refractivity (Wildman–Crippen MR) is 97.2 cm³/mol. The molecule has 0 unspecified atom stereocenters. The van der Waals surface area contributed by atoms with Crippen LogP contribution < -0.4 is 0 Å². The number of ketones is 1. The van der Waals surface area contributed by atoms with Crippen LogP contribution in [0, 0.1) is 0 Å². The van der Waals surface area contributed by atoms with Gasteiger partial charge in [0.2, 0.25) is 11.5 Å². The fraction of sp³-hybridized carbons (Fsp3) is 0.0909. The van der Waals surface area contributed by atoms with Crippen LogP contribution in [0.15, 0.2) is 97.7 Å². The van der Waals surface area contributed by atoms with E-state index in [0.29, 0.717) is 11.1 Å². The summed E-state index contributed by atoms with van der Waals surface area (Å²) in [5.74, 6) is -1.48. The van der Waals surface area contributed by atoms with Gasteiger partial charge in [0.05, 0.1) is 5.69 Å². The van der Waals surface area contributed by atoms with Gasteiger partial charge in [0.25, 0.3) is 0 Å². The van der Waals surface area contributed by atoms with Gasteiger partial charge in [0.15, 0.2) is 0 Å². The molecule has 0 aliphatic heterocycles. The van der Waals surface area contributed by atoms with Gasteiger partial charge in [0, 0.05) is 17.7 Å². The minimum Gasteiger partial charge on any atom is -0.290 e. The first-order valence-electron chi connectivity index (χ1n) is 8.05. The van der Waals surface area contributed by atoms with Gasteiger partial charge in [-0.25, -0.2) is 4.39 Å². The monoisotopic (exact) mass is 331 g/mol. The number of allylic oxidation sites excluding steroid dienone is 1. The van der Waals surface area contributed by atoms with Crippen LogP contribution in [-0.4, -0.2) is 10.8 Å². The Bertz CT molecular complexity index is 849. The average molecular weight is 331 g/mol. The van der Waals surface area contributed by atoms with Crippen molar-refractivity contribution in [1.82, 2.24) is 4.98 Å². The van der Waals surface area contributed by atoms with Crippen LogP contribution in [0.1, 0.15) is 27.5 Å². The SMILES string of the molecule is C=C[C@H](c1ccccc1)[C@](F)(C(=O)c1ccccc1)c1ccccn1. The van der Waals surface area contributed by atoms with Crippen molar-refractivity contribution in [2.45, 2.75) is 11.6 Å². The first-order chi connectivity index (χ1) is 12.2. The molecular weight excluding hydrogens is 313 g/mol. The number of hydrogen-bond donors (Lipinski definition) is 0. The molecular formula is C22H18FNO. The Kier molecular flexibility index (Phi) is 4.85. The molecule has 124 valence electrons. The van der Waals surface area contributed by atoms with E-state index in [9.17, 15) is 4.79 Å². The van der Waals surface area contributed by atoms with Crippen LogP contribution in [0.25, 0.3) is 0 Å². The molecule has 0 N–H and O–H groups in total. The summed E-state index contributed by atoms with van der Waals surface area (Å²) in [5.41, 5.74) is -1.28. The van der Waals surface area contributed by atoms with Gasteiger partial charge in [-0.1, -0.05) is 72.8 Å². The quantitative estimate of drug-likeness (QED) is 0.465. The van der Waals surface area contributed by atoms with Crippen LogP contribution in [0.2, 0.25) is 0 Å². The van der Waals surface area contributed by atoms with Gasteiger partial charge in [-0.05, 0) is 17.7 Å². The molecule has 2 atom stereocenters. The van der Waals surface area contributed by atoms with Gasteiger partial charge < -0.3 is 0 Å². The van der Waals surface area contributed by atoms with Crippen LogP contribution in [0.3, 0.4) is 0 Å². The van der Waals surface area contributed by atoms with Crippen molar-refractivity contribution >= 4 is 5.78 Å². The van der Waals surface area contributed by atoms with E-state index in [2.05, 4.69) is 11.6 Å². The maximum absolute atomic E-state index is 16.5. The number of aromatic nitrogens is 1. The normalized spacial score (nSPS) is 14.3. The third-order valence-corrected chi connectivity index (χ3v) is 4.23. The summed E-state index contributed by atoms with van der Waals surface area (Å²) in [5, 5.41) is 0. The molecule has 0 radical (unpaired) electrons. The highest BCUT2D eigenvalue weighted by Crippen LogP contribution is 2.43. The summed E-state index contributed by atoms with van der Waals surface area (Å²) >= 11 is 0. The van der Waals surface area contributed by atoms with Crippen molar-refractivity contribution in [1.29, 1.82) is 0 Å². The largest absolute Gasteiger partial charge is 0.290 e. The van der Waals surface area contributed by atoms with Crippen LogP contribution in [-0.2, 0) is 5.67 Å². The van der Waals surface area contributed by atoms with E-state index in [0.717, 1.165) is 0 Å². The zero-order chi connectivity index (χ0) is 17.7. The molecule has 2 aromatic carbocycles. The number of nitrogens with zero attached hydrogens (tertiary/aromatic N) is 1. The Balaban J connectivity index is 2.19. The summed E-state index contributed by atoms with van der Waals surface area (Å²) in [6.45, 7) is 3.79. The lowest BCUT2D eigenvalue weighted by Gasteiger charge is -2.30. The summed E-state index contributed by atoms with van der Waals surface area (Å²) in [7, 11) is 0. The lowest BCUT2D eigenvalue weighted by Crippen LogP contribution is -2.38. The second kappa shape index (κ2) is 7.22. The van der Waals surface area contributed by atoms with Gasteiger partial charge in [-0.15, -0.1) is 6.58 Å². The number of rotatable bonds is 6. The molecule has 25 heavy (non-hydrogen) atoms. The minimum atomic E-state index is -2.34. The van der Waals surface area contributed by atoms with Crippen molar-refractivity contribution in [3.8, 4) is 0 Å². The first kappa shape index (κ1) is 16.8. The molecule has 0 fully saturated rings. The smallest absolute Gasteiger partial charge is 0.225 e. The molecule has 0 saturated carbocycles. The molecule has 0 bridgehead atoms. The lowest BCUT2D eigenvalue weighted by molar-refractivity contribution is 0.0625. The summed E-state index contributed by atoms with van der Waals surface area (Å²) in [6, 6.07) is 22.5. The van der Waals surface area contributed by atoms with E-state index in [1.54, 1.807) is 60.7 Å². The number of hydrogen-bond acceptors (Lipinski definition) is 2. The van der Waals surface area contributed by atoms with Crippen molar-refractivity contribution in [2.75, 3.05) is 0 Å². The third-order valence-electron chi connectivity index (χ3n) is 4.23. The topological polar surface area (TPSA) is 30.0 Å². The molecule has 0 aliphatic rings. The zero-order valence-electron chi connectivity index (χ0n) is 13.7. The van der Waals surface area contributed by atoms with Crippen molar-refractivity contribution in [3.05, 3.63) is 115 Å². The zero-order valence-corrected chi connectivity index (χ0v) is 13.7. The molecule has 0 spiro atoms. The molecule has 0 saturated heterocycles. The van der Waals surface area contributed by atoms with E-state index < -0.39 is 17.4 Å². The Hall–Kier alpha value is -3.07. The van der Waals surface area contributed by atoms with Gasteiger partial charge in [-0.3, -0.25) is 9.78 Å². The lowest BCUT2D eigenvalue weighted by atomic mass is 9.76. The maximum atomic E-state index is 16.5. The highest BCUT2D eigenvalue weighted by molar-refractivity contribution is 6.03. The molecule has 0 amide bonds. The Morgan fingerprint density at radius 2 is 1.56 bits per heavy atom. The Morgan fingerprint density at radius 3 is 2.12 bits per heavy atom. The van der Waals surface area contributed by atoms with E-state index in [-0.39, 0.29) is 5.69 Å². The van der Waals surface area contributed by atoms with Crippen LogP contribution >= 0.6 is 0 Å². The standard InChI is InChI=1S/C22H18FNO/c1-2-19(17-11-5-3-6-12-17)22(23,20-15-9-10-16-24-20)21(25)18-13-7-4-8-14-18/h2-16,19H,1H2/t19-,22-/m1/s1. The molecule has 3 rings (SSSR count). The molecule has 2 nitrogen and oxygen atoms in total. The number of Topliss-reactive ketones (excluding diaryl/α,β-unsaturated/α-hetero) is 1. The first-order valence-corrected chi connectivity index (χ1v) is 8.05. The van der Waals surface area contributed by atoms with Crippen LogP contribution in [0.5, 0.6) is 0 Å². The third kappa shape index (κ3) is 3.13. The molecule has 1 aromatic heterocycles. The number of halogens is 1. The van der Waals surface area contributed by atoms with Gasteiger partial charge >= 0.3 is 0 Å². The number of pyridine rings is 1. The van der Waals surface area contributed by atoms with E-state index in [4.69, 9.17) is 0 Å². The maximum Gasteiger partial charge on any atom is 0.225 e. The molecule has 3 heteroatoms. The Morgan fingerprint density at radius 1 is 0.960 bits per heavy atom. The van der Waals surface area contributed by atoms with Gasteiger partial charge in [-0.2, -0.15) is 0 Å².